The third-order valence-electron chi connectivity index (χ3n) is 5.59. The third-order valence-corrected chi connectivity index (χ3v) is 5.92. The molecule has 2 heterocycles. The zero-order valence-corrected chi connectivity index (χ0v) is 20.8. The van der Waals surface area contributed by atoms with Crippen LogP contribution in [0.3, 0.4) is 0 Å². The first-order chi connectivity index (χ1) is 17.3. The first-order valence-corrected chi connectivity index (χ1v) is 11.9. The molecule has 0 saturated carbocycles. The summed E-state index contributed by atoms with van der Waals surface area (Å²) in [5.41, 5.74) is 4.89. The van der Waals surface area contributed by atoms with E-state index in [-0.39, 0.29) is 6.42 Å². The lowest BCUT2D eigenvalue weighted by molar-refractivity contribution is -0.137. The summed E-state index contributed by atoms with van der Waals surface area (Å²) in [4.78, 5) is 0. The van der Waals surface area contributed by atoms with Crippen LogP contribution in [-0.2, 0) is 12.6 Å². The Bertz CT molecular complexity index is 1470. The van der Waals surface area contributed by atoms with Gasteiger partial charge in [-0.15, -0.1) is 10.2 Å². The van der Waals surface area contributed by atoms with Gasteiger partial charge < -0.3 is 0 Å². The van der Waals surface area contributed by atoms with Crippen molar-refractivity contribution in [1.82, 2.24) is 19.8 Å². The van der Waals surface area contributed by atoms with Crippen LogP contribution >= 0.6 is 11.6 Å². The molecular weight excluding hydrogens is 485 g/mol. The van der Waals surface area contributed by atoms with E-state index in [0.29, 0.717) is 27.8 Å². The van der Waals surface area contributed by atoms with Crippen LogP contribution in [0.1, 0.15) is 36.4 Å². The molecule has 0 atom stereocenters. The van der Waals surface area contributed by atoms with Crippen molar-refractivity contribution >= 4 is 17.2 Å². The highest BCUT2D eigenvalue weighted by molar-refractivity contribution is 6.33. The summed E-state index contributed by atoms with van der Waals surface area (Å²) >= 11 is 6.52. The molecule has 0 spiro atoms. The van der Waals surface area contributed by atoms with Gasteiger partial charge in [-0.1, -0.05) is 85.6 Å². The van der Waals surface area contributed by atoms with Crippen molar-refractivity contribution in [3.05, 3.63) is 106 Å². The van der Waals surface area contributed by atoms with E-state index in [1.54, 1.807) is 10.6 Å². The van der Waals surface area contributed by atoms with Crippen LogP contribution in [-0.4, -0.2) is 19.8 Å². The molecule has 5 rings (SSSR count). The summed E-state index contributed by atoms with van der Waals surface area (Å²) in [7, 11) is 0. The van der Waals surface area contributed by atoms with E-state index < -0.39 is 11.7 Å². The van der Waals surface area contributed by atoms with Crippen molar-refractivity contribution in [3.63, 3.8) is 0 Å². The fraction of sp³-hybridized carbons (Fsp3) is 0.179. The lowest BCUT2D eigenvalue weighted by Gasteiger charge is -2.12. The van der Waals surface area contributed by atoms with Crippen molar-refractivity contribution in [3.8, 4) is 22.4 Å². The molecule has 0 bridgehead atoms. The summed E-state index contributed by atoms with van der Waals surface area (Å²) in [6, 6.07) is 22.4. The number of fused-ring (bicyclic) bond motifs is 1. The van der Waals surface area contributed by atoms with Gasteiger partial charge in [-0.2, -0.15) is 22.8 Å². The summed E-state index contributed by atoms with van der Waals surface area (Å²) in [6.45, 7) is 6.02. The molecule has 0 amide bonds. The van der Waals surface area contributed by atoms with E-state index in [1.807, 2.05) is 69.3 Å². The Morgan fingerprint density at radius 2 is 1.50 bits per heavy atom. The summed E-state index contributed by atoms with van der Waals surface area (Å²) in [5, 5.41) is 13.9. The summed E-state index contributed by atoms with van der Waals surface area (Å²) < 4.78 is 40.3. The van der Waals surface area contributed by atoms with Crippen LogP contribution in [0.4, 0.5) is 13.2 Å². The van der Waals surface area contributed by atoms with Crippen molar-refractivity contribution in [1.29, 1.82) is 0 Å². The van der Waals surface area contributed by atoms with Crippen LogP contribution < -0.4 is 0 Å². The number of nitrogens with zero attached hydrogens (tertiary/aromatic N) is 4. The van der Waals surface area contributed by atoms with Crippen molar-refractivity contribution in [2.24, 2.45) is 0 Å². The predicted octanol–water partition coefficient (Wildman–Crippen LogP) is 8.06. The molecule has 36 heavy (non-hydrogen) atoms. The highest BCUT2D eigenvalue weighted by Crippen LogP contribution is 2.35. The summed E-state index contributed by atoms with van der Waals surface area (Å²) in [6.07, 6.45) is -4.10. The Hall–Kier alpha value is -3.71. The Morgan fingerprint density at radius 1 is 0.833 bits per heavy atom. The maximum Gasteiger partial charge on any atom is 0.416 e. The third kappa shape index (κ3) is 5.26. The van der Waals surface area contributed by atoms with Gasteiger partial charge in [0.25, 0.3) is 0 Å². The molecule has 5 aromatic rings. The molecular formula is C28H24ClF3N4. The Kier molecular flexibility index (Phi) is 7.40. The lowest BCUT2D eigenvalue weighted by atomic mass is 9.99. The molecule has 0 aliphatic heterocycles. The quantitative estimate of drug-likeness (QED) is 0.246. The molecule has 8 heteroatoms. The Morgan fingerprint density at radius 3 is 2.14 bits per heavy atom. The molecule has 4 nitrogen and oxygen atoms in total. The van der Waals surface area contributed by atoms with Crippen LogP contribution in [0.5, 0.6) is 0 Å². The van der Waals surface area contributed by atoms with Crippen LogP contribution in [0.15, 0.2) is 78.9 Å². The van der Waals surface area contributed by atoms with Gasteiger partial charge in [-0.3, -0.25) is 0 Å². The number of aromatic nitrogens is 4. The maximum absolute atomic E-state index is 12.9. The second-order valence-electron chi connectivity index (χ2n) is 8.01. The number of halogens is 4. The summed E-state index contributed by atoms with van der Waals surface area (Å²) in [5.74, 6) is 0.513. The standard InChI is InChI=1S/C26H18ClF3N4.C2H6/c1-16-6-10-18(11-7-16)21-15-24-32-31-23(14-17-8-12-19(13-9-17)26(28,29)30)34(24)33-25(21)20-4-2-3-5-22(20)27;1-2/h2-13,15H,14H2,1H3;1-2H3. The molecule has 0 aliphatic carbocycles. The SMILES string of the molecule is CC.Cc1ccc(-c2cc3nnc(Cc4ccc(C(F)(F)F)cc4)n3nc2-c2ccccc2Cl)cc1. The second-order valence-corrected chi connectivity index (χ2v) is 8.42. The monoisotopic (exact) mass is 508 g/mol. The van der Waals surface area contributed by atoms with Gasteiger partial charge in [0.2, 0.25) is 0 Å². The maximum atomic E-state index is 12.9. The topological polar surface area (TPSA) is 43.1 Å². The number of benzene rings is 3. The zero-order chi connectivity index (χ0) is 25.9. The van der Waals surface area contributed by atoms with Gasteiger partial charge in [0.15, 0.2) is 11.5 Å². The largest absolute Gasteiger partial charge is 0.416 e. The molecule has 184 valence electrons. The molecule has 0 aliphatic rings. The van der Waals surface area contributed by atoms with Gasteiger partial charge in [0.1, 0.15) is 5.69 Å². The van der Waals surface area contributed by atoms with Crippen LogP contribution in [0.25, 0.3) is 28.0 Å². The molecule has 0 N–H and O–H groups in total. The molecule has 0 saturated heterocycles. The van der Waals surface area contributed by atoms with Gasteiger partial charge in [0, 0.05) is 17.5 Å². The normalized spacial score (nSPS) is 11.3. The zero-order valence-electron chi connectivity index (χ0n) is 20.0. The van der Waals surface area contributed by atoms with E-state index in [2.05, 4.69) is 10.2 Å². The average Bonchev–Trinajstić information content (AvgIpc) is 3.26. The minimum atomic E-state index is -4.38. The minimum absolute atomic E-state index is 0.276. The van der Waals surface area contributed by atoms with E-state index in [4.69, 9.17) is 16.7 Å². The molecule has 0 unspecified atom stereocenters. The first-order valence-electron chi connectivity index (χ1n) is 11.5. The average molecular weight is 509 g/mol. The van der Waals surface area contributed by atoms with Crippen molar-refractivity contribution < 1.29 is 13.2 Å². The van der Waals surface area contributed by atoms with E-state index in [9.17, 15) is 13.2 Å². The van der Waals surface area contributed by atoms with E-state index in [0.717, 1.165) is 34.4 Å². The second kappa shape index (κ2) is 10.5. The number of rotatable bonds is 4. The van der Waals surface area contributed by atoms with E-state index >= 15 is 0 Å². The number of aryl methyl sites for hydroxylation is 1. The molecule has 2 aromatic heterocycles. The van der Waals surface area contributed by atoms with Crippen LogP contribution in [0, 0.1) is 6.92 Å². The van der Waals surface area contributed by atoms with Gasteiger partial charge in [-0.25, -0.2) is 0 Å². The predicted molar refractivity (Wildman–Crippen MR) is 137 cm³/mol. The Balaban J connectivity index is 0.00000148. The highest BCUT2D eigenvalue weighted by Gasteiger charge is 2.30. The highest BCUT2D eigenvalue weighted by atomic mass is 35.5. The molecule has 3 aromatic carbocycles. The number of hydrogen-bond donors (Lipinski definition) is 0. The lowest BCUT2D eigenvalue weighted by Crippen LogP contribution is -2.06. The first kappa shape index (κ1) is 25.4. The molecule has 0 radical (unpaired) electrons. The fourth-order valence-electron chi connectivity index (χ4n) is 3.79. The fourth-order valence-corrected chi connectivity index (χ4v) is 4.01. The van der Waals surface area contributed by atoms with Crippen molar-refractivity contribution in [2.45, 2.75) is 33.4 Å². The number of hydrogen-bond acceptors (Lipinski definition) is 3. The Labute approximate surface area is 212 Å². The van der Waals surface area contributed by atoms with Gasteiger partial charge >= 0.3 is 6.18 Å². The van der Waals surface area contributed by atoms with E-state index in [1.165, 1.54) is 12.1 Å². The van der Waals surface area contributed by atoms with Crippen molar-refractivity contribution in [2.75, 3.05) is 0 Å². The van der Waals surface area contributed by atoms with Gasteiger partial charge in [-0.05, 0) is 42.3 Å². The molecule has 0 fully saturated rings. The smallest absolute Gasteiger partial charge is 0.196 e. The van der Waals surface area contributed by atoms with Gasteiger partial charge in [0.05, 0.1) is 10.6 Å². The van der Waals surface area contributed by atoms with Crippen LogP contribution in [0.2, 0.25) is 5.02 Å². The number of alkyl halides is 3. The minimum Gasteiger partial charge on any atom is -0.196 e.